The third-order valence-electron chi connectivity index (χ3n) is 3.98. The number of methoxy groups -OCH3 is 1. The number of hydrogen-bond donors (Lipinski definition) is 1. The van der Waals surface area contributed by atoms with Crippen LogP contribution in [0.15, 0.2) is 42.7 Å². The van der Waals surface area contributed by atoms with E-state index in [-0.39, 0.29) is 29.4 Å². The van der Waals surface area contributed by atoms with E-state index in [0.29, 0.717) is 11.8 Å². The van der Waals surface area contributed by atoms with Gasteiger partial charge < -0.3 is 14.6 Å². The topological polar surface area (TPSA) is 81.5 Å². The van der Waals surface area contributed by atoms with Gasteiger partial charge in [0.15, 0.2) is 11.4 Å². The second-order valence-electron chi connectivity index (χ2n) is 6.21. The smallest absolute Gasteiger partial charge is 0.361 e. The lowest BCUT2D eigenvalue weighted by Gasteiger charge is -2.13. The second-order valence-corrected chi connectivity index (χ2v) is 6.21. The molecule has 0 aliphatic carbocycles. The molecule has 0 amide bonds. The van der Waals surface area contributed by atoms with Crippen LogP contribution in [0.5, 0.6) is 5.75 Å². The van der Waals surface area contributed by atoms with Gasteiger partial charge in [0, 0.05) is 24.9 Å². The van der Waals surface area contributed by atoms with Crippen LogP contribution in [-0.2, 0) is 15.9 Å². The van der Waals surface area contributed by atoms with Crippen molar-refractivity contribution in [3.63, 3.8) is 0 Å². The van der Waals surface area contributed by atoms with Crippen molar-refractivity contribution >= 4 is 16.9 Å². The van der Waals surface area contributed by atoms with E-state index in [4.69, 9.17) is 9.47 Å². The molecule has 3 aromatic rings. The fourth-order valence-corrected chi connectivity index (χ4v) is 2.72. The molecule has 1 aromatic carbocycles. The summed E-state index contributed by atoms with van der Waals surface area (Å²) < 4.78 is 23.1. The maximum absolute atomic E-state index is 13.0. The lowest BCUT2D eigenvalue weighted by Crippen LogP contribution is -2.20. The lowest BCUT2D eigenvalue weighted by molar-refractivity contribution is 0.0112. The van der Waals surface area contributed by atoms with Crippen LogP contribution in [0.1, 0.15) is 28.5 Å². The molecule has 0 aliphatic rings. The van der Waals surface area contributed by atoms with Crippen molar-refractivity contribution in [2.24, 2.45) is 0 Å². The SMILES string of the molecule is COCC(C)OC(=O)c1ncc2cc(Cc3ccc(F)cc3)cnc2c1O. The molecule has 0 aliphatic heterocycles. The largest absolute Gasteiger partial charge is 0.504 e. The summed E-state index contributed by atoms with van der Waals surface area (Å²) in [5, 5.41) is 11.0. The van der Waals surface area contributed by atoms with E-state index >= 15 is 0 Å². The highest BCUT2D eigenvalue weighted by atomic mass is 19.1. The minimum atomic E-state index is -0.740. The van der Waals surface area contributed by atoms with Crippen molar-refractivity contribution in [1.29, 1.82) is 0 Å². The average Bonchev–Trinajstić information content (AvgIpc) is 2.64. The Morgan fingerprint density at radius 3 is 2.63 bits per heavy atom. The zero-order valence-electron chi connectivity index (χ0n) is 15.0. The van der Waals surface area contributed by atoms with Gasteiger partial charge in [-0.1, -0.05) is 12.1 Å². The van der Waals surface area contributed by atoms with E-state index in [1.807, 2.05) is 6.07 Å². The molecule has 140 valence electrons. The van der Waals surface area contributed by atoms with E-state index in [2.05, 4.69) is 9.97 Å². The number of aromatic hydroxyl groups is 1. The second kappa shape index (κ2) is 8.09. The summed E-state index contributed by atoms with van der Waals surface area (Å²) in [6.45, 7) is 1.92. The van der Waals surface area contributed by atoms with Crippen LogP contribution in [0.4, 0.5) is 4.39 Å². The first-order chi connectivity index (χ1) is 13.0. The van der Waals surface area contributed by atoms with Crippen LogP contribution >= 0.6 is 0 Å². The number of nitrogens with zero attached hydrogens (tertiary/aromatic N) is 2. The molecule has 3 rings (SSSR count). The van der Waals surface area contributed by atoms with Crippen molar-refractivity contribution in [2.45, 2.75) is 19.4 Å². The molecule has 0 radical (unpaired) electrons. The first-order valence-electron chi connectivity index (χ1n) is 8.39. The van der Waals surface area contributed by atoms with Crippen LogP contribution in [0.2, 0.25) is 0 Å². The molecule has 0 saturated carbocycles. The van der Waals surface area contributed by atoms with Gasteiger partial charge in [-0.25, -0.2) is 14.2 Å². The molecule has 1 unspecified atom stereocenters. The maximum Gasteiger partial charge on any atom is 0.361 e. The quantitative estimate of drug-likeness (QED) is 0.671. The monoisotopic (exact) mass is 370 g/mol. The number of carbonyl (C=O) groups is 1. The van der Waals surface area contributed by atoms with Crippen molar-refractivity contribution in [3.05, 3.63) is 65.4 Å². The van der Waals surface area contributed by atoms with Crippen LogP contribution < -0.4 is 0 Å². The molecule has 27 heavy (non-hydrogen) atoms. The number of aromatic nitrogens is 2. The van der Waals surface area contributed by atoms with E-state index in [9.17, 15) is 14.3 Å². The molecule has 0 bridgehead atoms. The first kappa shape index (κ1) is 18.7. The number of halogens is 1. The molecule has 1 atom stereocenters. The molecule has 2 aromatic heterocycles. The number of benzene rings is 1. The van der Waals surface area contributed by atoms with Crippen LogP contribution in [0, 0.1) is 5.82 Å². The summed E-state index contributed by atoms with van der Waals surface area (Å²) in [6.07, 6.45) is 3.16. The van der Waals surface area contributed by atoms with Crippen molar-refractivity contribution < 1.29 is 23.8 Å². The molecule has 1 N–H and O–H groups in total. The lowest BCUT2D eigenvalue weighted by atomic mass is 10.0. The minimum Gasteiger partial charge on any atom is -0.504 e. The van der Waals surface area contributed by atoms with E-state index < -0.39 is 12.1 Å². The number of rotatable bonds is 6. The molecule has 0 spiro atoms. The number of hydrogen-bond acceptors (Lipinski definition) is 6. The van der Waals surface area contributed by atoms with Gasteiger partial charge in [0.25, 0.3) is 0 Å². The number of pyridine rings is 2. The van der Waals surface area contributed by atoms with Gasteiger partial charge in [0.05, 0.1) is 6.61 Å². The summed E-state index contributed by atoms with van der Waals surface area (Å²) in [5.74, 6) is -1.35. The molecule has 7 heteroatoms. The fraction of sp³-hybridized carbons (Fsp3) is 0.250. The zero-order chi connectivity index (χ0) is 19.4. The van der Waals surface area contributed by atoms with Crippen molar-refractivity contribution in [1.82, 2.24) is 9.97 Å². The molecular formula is C20H19FN2O4. The highest BCUT2D eigenvalue weighted by Gasteiger charge is 2.20. The molecule has 2 heterocycles. The summed E-state index contributed by atoms with van der Waals surface area (Å²) in [4.78, 5) is 20.5. The Morgan fingerprint density at radius 2 is 1.93 bits per heavy atom. The van der Waals surface area contributed by atoms with Crippen LogP contribution in [0.3, 0.4) is 0 Å². The maximum atomic E-state index is 13.0. The summed E-state index contributed by atoms with van der Waals surface area (Å²) in [7, 11) is 1.50. The molecule has 0 fully saturated rings. The van der Waals surface area contributed by atoms with Gasteiger partial charge in [0.1, 0.15) is 17.4 Å². The highest BCUT2D eigenvalue weighted by molar-refractivity contribution is 5.97. The Kier molecular flexibility index (Phi) is 5.61. The summed E-state index contributed by atoms with van der Waals surface area (Å²) in [6, 6.07) is 8.03. The minimum absolute atomic E-state index is 0.191. The standard InChI is InChI=1S/C20H19FN2O4/c1-12(11-26-2)27-20(25)18-19(24)17-15(10-23-18)8-14(9-22-17)7-13-3-5-16(21)6-4-13/h3-6,8-10,12,24H,7,11H2,1-2H3. The fourth-order valence-electron chi connectivity index (χ4n) is 2.72. The Balaban J connectivity index is 1.84. The Labute approximate surface area is 155 Å². The number of carbonyl (C=O) groups excluding carboxylic acids is 1. The van der Waals surface area contributed by atoms with Crippen LogP contribution in [0.25, 0.3) is 10.9 Å². The third kappa shape index (κ3) is 4.38. The average molecular weight is 370 g/mol. The molecule has 6 nitrogen and oxygen atoms in total. The van der Waals surface area contributed by atoms with Gasteiger partial charge >= 0.3 is 5.97 Å². The normalized spacial score (nSPS) is 12.1. The first-order valence-corrected chi connectivity index (χ1v) is 8.39. The van der Waals surface area contributed by atoms with E-state index in [0.717, 1.165) is 11.1 Å². The predicted octanol–water partition coefficient (Wildman–Crippen LogP) is 3.26. The molecular weight excluding hydrogens is 351 g/mol. The number of fused-ring (bicyclic) bond motifs is 1. The van der Waals surface area contributed by atoms with Gasteiger partial charge in [-0.05, 0) is 42.7 Å². The van der Waals surface area contributed by atoms with Gasteiger partial charge in [-0.2, -0.15) is 0 Å². The summed E-state index contributed by atoms with van der Waals surface area (Å²) in [5.41, 5.74) is 1.88. The van der Waals surface area contributed by atoms with E-state index in [1.54, 1.807) is 25.3 Å². The van der Waals surface area contributed by atoms with Crippen molar-refractivity contribution in [2.75, 3.05) is 13.7 Å². The molecule has 0 saturated heterocycles. The van der Waals surface area contributed by atoms with Crippen LogP contribution in [-0.4, -0.2) is 40.9 Å². The van der Waals surface area contributed by atoms with Gasteiger partial charge in [-0.15, -0.1) is 0 Å². The third-order valence-corrected chi connectivity index (χ3v) is 3.98. The Hall–Kier alpha value is -3.06. The van der Waals surface area contributed by atoms with Gasteiger partial charge in [-0.3, -0.25) is 4.98 Å². The highest BCUT2D eigenvalue weighted by Crippen LogP contribution is 2.27. The Bertz CT molecular complexity index is 960. The Morgan fingerprint density at radius 1 is 1.19 bits per heavy atom. The zero-order valence-corrected chi connectivity index (χ0v) is 15.0. The van der Waals surface area contributed by atoms with E-state index in [1.165, 1.54) is 25.4 Å². The van der Waals surface area contributed by atoms with Crippen molar-refractivity contribution in [3.8, 4) is 5.75 Å². The number of ether oxygens (including phenoxy) is 2. The van der Waals surface area contributed by atoms with Gasteiger partial charge in [0.2, 0.25) is 0 Å². The summed E-state index contributed by atoms with van der Waals surface area (Å²) >= 11 is 0. The number of esters is 1. The predicted molar refractivity (Wildman–Crippen MR) is 97.2 cm³/mol.